The molecule has 0 amide bonds. The van der Waals surface area contributed by atoms with Crippen molar-refractivity contribution in [3.63, 3.8) is 0 Å². The molecule has 0 radical (unpaired) electrons. The first-order chi connectivity index (χ1) is 8.47. The topological polar surface area (TPSA) is 15.3 Å². The molecule has 1 heterocycles. The van der Waals surface area contributed by atoms with E-state index in [-0.39, 0.29) is 5.56 Å². The zero-order valence-corrected chi connectivity index (χ0v) is 10.3. The van der Waals surface area contributed by atoms with Gasteiger partial charge < -0.3 is 5.32 Å². The molecule has 0 spiro atoms. The molecular formula is C13H17F3N2. The van der Waals surface area contributed by atoms with Gasteiger partial charge in [0.05, 0.1) is 5.56 Å². The van der Waals surface area contributed by atoms with Crippen LogP contribution in [0.5, 0.6) is 0 Å². The fraction of sp³-hybridized carbons (Fsp3) is 0.538. The van der Waals surface area contributed by atoms with Crippen LogP contribution >= 0.6 is 0 Å². The summed E-state index contributed by atoms with van der Waals surface area (Å²) in [7, 11) is 0. The van der Waals surface area contributed by atoms with Crippen LogP contribution in [-0.4, -0.2) is 31.1 Å². The van der Waals surface area contributed by atoms with Gasteiger partial charge in [0.25, 0.3) is 0 Å². The Hall–Kier alpha value is -1.07. The van der Waals surface area contributed by atoms with Crippen LogP contribution in [0, 0.1) is 6.92 Å². The molecule has 1 aliphatic rings. The van der Waals surface area contributed by atoms with Crippen LogP contribution in [0.15, 0.2) is 18.2 Å². The summed E-state index contributed by atoms with van der Waals surface area (Å²) in [6, 6.07) is 4.62. The molecule has 2 rings (SSSR count). The van der Waals surface area contributed by atoms with Crippen molar-refractivity contribution >= 4 is 0 Å². The van der Waals surface area contributed by atoms with E-state index in [0.29, 0.717) is 6.54 Å². The predicted octanol–water partition coefficient (Wildman–Crippen LogP) is 2.42. The van der Waals surface area contributed by atoms with Crippen molar-refractivity contribution in [1.82, 2.24) is 10.2 Å². The molecule has 1 aromatic carbocycles. The van der Waals surface area contributed by atoms with Gasteiger partial charge in [-0.3, -0.25) is 4.90 Å². The summed E-state index contributed by atoms with van der Waals surface area (Å²) >= 11 is 0. The van der Waals surface area contributed by atoms with Crippen LogP contribution in [-0.2, 0) is 12.7 Å². The highest BCUT2D eigenvalue weighted by Gasteiger charge is 2.32. The zero-order chi connectivity index (χ0) is 13.2. The van der Waals surface area contributed by atoms with Crippen LogP contribution in [0.4, 0.5) is 13.2 Å². The Bertz CT molecular complexity index is 409. The van der Waals surface area contributed by atoms with Gasteiger partial charge in [0.1, 0.15) is 0 Å². The second kappa shape index (κ2) is 5.28. The quantitative estimate of drug-likeness (QED) is 0.876. The van der Waals surface area contributed by atoms with Crippen molar-refractivity contribution in [1.29, 1.82) is 0 Å². The van der Waals surface area contributed by atoms with E-state index in [1.54, 1.807) is 12.1 Å². The first kappa shape index (κ1) is 13.4. The molecule has 0 bridgehead atoms. The summed E-state index contributed by atoms with van der Waals surface area (Å²) in [6.07, 6.45) is -4.26. The first-order valence-corrected chi connectivity index (χ1v) is 6.06. The SMILES string of the molecule is Cc1ccc(CN2CCNCC2)cc1C(F)(F)F. The van der Waals surface area contributed by atoms with Gasteiger partial charge in [-0.2, -0.15) is 13.2 Å². The van der Waals surface area contributed by atoms with Gasteiger partial charge >= 0.3 is 6.18 Å². The van der Waals surface area contributed by atoms with Crippen molar-refractivity contribution < 1.29 is 13.2 Å². The number of aryl methyl sites for hydroxylation is 1. The van der Waals surface area contributed by atoms with Crippen molar-refractivity contribution in [2.24, 2.45) is 0 Å². The number of piperazine rings is 1. The minimum Gasteiger partial charge on any atom is -0.314 e. The van der Waals surface area contributed by atoms with Gasteiger partial charge in [0.2, 0.25) is 0 Å². The normalized spacial score (nSPS) is 18.0. The van der Waals surface area contributed by atoms with Gasteiger partial charge in [0, 0.05) is 32.7 Å². The molecule has 0 atom stereocenters. The van der Waals surface area contributed by atoms with E-state index in [4.69, 9.17) is 0 Å². The Kier molecular flexibility index (Phi) is 3.92. The average Bonchev–Trinajstić information content (AvgIpc) is 2.31. The molecule has 0 unspecified atom stereocenters. The molecule has 5 heteroatoms. The fourth-order valence-electron chi connectivity index (χ4n) is 2.20. The van der Waals surface area contributed by atoms with Gasteiger partial charge in [-0.15, -0.1) is 0 Å². The largest absolute Gasteiger partial charge is 0.416 e. The van der Waals surface area contributed by atoms with E-state index in [1.807, 2.05) is 0 Å². The summed E-state index contributed by atoms with van der Waals surface area (Å²) in [4.78, 5) is 2.17. The van der Waals surface area contributed by atoms with E-state index in [0.717, 1.165) is 31.7 Å². The zero-order valence-electron chi connectivity index (χ0n) is 10.3. The minimum atomic E-state index is -4.26. The van der Waals surface area contributed by atoms with E-state index >= 15 is 0 Å². The molecule has 1 fully saturated rings. The number of nitrogens with zero attached hydrogens (tertiary/aromatic N) is 1. The Morgan fingerprint density at radius 3 is 2.50 bits per heavy atom. The molecule has 1 N–H and O–H groups in total. The second-order valence-electron chi connectivity index (χ2n) is 4.67. The molecule has 1 aliphatic heterocycles. The van der Waals surface area contributed by atoms with Crippen molar-refractivity contribution in [3.8, 4) is 0 Å². The van der Waals surface area contributed by atoms with Crippen molar-refractivity contribution in [2.45, 2.75) is 19.6 Å². The number of alkyl halides is 3. The Morgan fingerprint density at radius 2 is 1.89 bits per heavy atom. The number of nitrogens with one attached hydrogen (secondary N) is 1. The van der Waals surface area contributed by atoms with Crippen LogP contribution in [0.2, 0.25) is 0 Å². The Morgan fingerprint density at radius 1 is 1.22 bits per heavy atom. The summed E-state index contributed by atoms with van der Waals surface area (Å²) in [5.41, 5.74) is 0.497. The summed E-state index contributed by atoms with van der Waals surface area (Å²) in [5, 5.41) is 3.22. The maximum absolute atomic E-state index is 12.8. The molecule has 2 nitrogen and oxygen atoms in total. The number of halogens is 3. The van der Waals surface area contributed by atoms with Crippen LogP contribution < -0.4 is 5.32 Å². The van der Waals surface area contributed by atoms with Gasteiger partial charge in [0.15, 0.2) is 0 Å². The first-order valence-electron chi connectivity index (χ1n) is 6.06. The monoisotopic (exact) mass is 258 g/mol. The van der Waals surface area contributed by atoms with Gasteiger partial charge in [-0.1, -0.05) is 12.1 Å². The highest BCUT2D eigenvalue weighted by atomic mass is 19.4. The number of hydrogen-bond donors (Lipinski definition) is 1. The summed E-state index contributed by atoms with van der Waals surface area (Å²) in [6.45, 7) is 5.66. The van der Waals surface area contributed by atoms with Crippen molar-refractivity contribution in [2.75, 3.05) is 26.2 Å². The van der Waals surface area contributed by atoms with Gasteiger partial charge in [-0.05, 0) is 24.1 Å². The lowest BCUT2D eigenvalue weighted by Gasteiger charge is -2.27. The van der Waals surface area contributed by atoms with Crippen LogP contribution in [0.3, 0.4) is 0 Å². The molecule has 0 aliphatic carbocycles. The second-order valence-corrected chi connectivity index (χ2v) is 4.67. The highest BCUT2D eigenvalue weighted by molar-refractivity contribution is 5.33. The maximum atomic E-state index is 12.8. The van der Waals surface area contributed by atoms with Crippen LogP contribution in [0.1, 0.15) is 16.7 Å². The summed E-state index contributed by atoms with van der Waals surface area (Å²) in [5.74, 6) is 0. The van der Waals surface area contributed by atoms with E-state index in [9.17, 15) is 13.2 Å². The number of hydrogen-bond acceptors (Lipinski definition) is 2. The lowest BCUT2D eigenvalue weighted by Crippen LogP contribution is -2.42. The standard InChI is InChI=1S/C13H17F3N2/c1-10-2-3-11(8-12(10)13(14,15)16)9-18-6-4-17-5-7-18/h2-3,8,17H,4-7,9H2,1H3. The highest BCUT2D eigenvalue weighted by Crippen LogP contribution is 2.32. The third-order valence-electron chi connectivity index (χ3n) is 3.22. The van der Waals surface area contributed by atoms with Crippen LogP contribution in [0.25, 0.3) is 0 Å². The van der Waals surface area contributed by atoms with Crippen molar-refractivity contribution in [3.05, 3.63) is 34.9 Å². The predicted molar refractivity (Wildman–Crippen MR) is 64.3 cm³/mol. The number of benzene rings is 1. The fourth-order valence-corrected chi connectivity index (χ4v) is 2.20. The lowest BCUT2D eigenvalue weighted by atomic mass is 10.0. The third-order valence-corrected chi connectivity index (χ3v) is 3.22. The third kappa shape index (κ3) is 3.23. The van der Waals surface area contributed by atoms with E-state index in [2.05, 4.69) is 10.2 Å². The Labute approximate surface area is 105 Å². The molecule has 18 heavy (non-hydrogen) atoms. The molecule has 1 aromatic rings. The Balaban J connectivity index is 2.14. The maximum Gasteiger partial charge on any atom is 0.416 e. The minimum absolute atomic E-state index is 0.284. The molecule has 0 aromatic heterocycles. The molecule has 1 saturated heterocycles. The van der Waals surface area contributed by atoms with E-state index < -0.39 is 11.7 Å². The summed E-state index contributed by atoms with van der Waals surface area (Å²) < 4.78 is 38.4. The molecular weight excluding hydrogens is 241 g/mol. The smallest absolute Gasteiger partial charge is 0.314 e. The number of rotatable bonds is 2. The molecule has 100 valence electrons. The van der Waals surface area contributed by atoms with Gasteiger partial charge in [-0.25, -0.2) is 0 Å². The molecule has 0 saturated carbocycles. The average molecular weight is 258 g/mol. The lowest BCUT2D eigenvalue weighted by molar-refractivity contribution is -0.138. The van der Waals surface area contributed by atoms with E-state index in [1.165, 1.54) is 13.0 Å².